The molecule has 0 bridgehead atoms. The van der Waals surface area contributed by atoms with Crippen LogP contribution in [0.4, 0.5) is 11.5 Å². The third-order valence-corrected chi connectivity index (χ3v) is 7.82. The second-order valence-electron chi connectivity index (χ2n) is 8.94. The van der Waals surface area contributed by atoms with Crippen LogP contribution in [0.2, 0.25) is 0 Å². The van der Waals surface area contributed by atoms with Gasteiger partial charge in [0.05, 0.1) is 10.3 Å². The number of fused-ring (bicyclic) bond motifs is 3. The second kappa shape index (κ2) is 8.70. The Hall–Kier alpha value is -3.07. The van der Waals surface area contributed by atoms with Crippen molar-refractivity contribution >= 4 is 39.0 Å². The Labute approximate surface area is 196 Å². The fraction of sp³-hybridized carbons (Fsp3) is 0.458. The number of aromatic nitrogens is 2. The molecule has 0 saturated carbocycles. The van der Waals surface area contributed by atoms with Gasteiger partial charge in [0.15, 0.2) is 0 Å². The van der Waals surface area contributed by atoms with Gasteiger partial charge in [-0.25, -0.2) is 9.97 Å². The fourth-order valence-corrected chi connectivity index (χ4v) is 6.21. The lowest BCUT2D eigenvalue weighted by atomic mass is 9.89. The summed E-state index contributed by atoms with van der Waals surface area (Å²) in [6, 6.07) is 5.96. The van der Waals surface area contributed by atoms with Crippen molar-refractivity contribution in [1.82, 2.24) is 14.9 Å². The van der Waals surface area contributed by atoms with E-state index in [-0.39, 0.29) is 11.6 Å². The zero-order chi connectivity index (χ0) is 23.1. The van der Waals surface area contributed by atoms with Gasteiger partial charge in [-0.3, -0.25) is 14.9 Å². The number of aryl methyl sites for hydroxylation is 2. The number of nitro benzene ring substituents is 1. The molecule has 9 heteroatoms. The Morgan fingerprint density at radius 3 is 2.76 bits per heavy atom. The first kappa shape index (κ1) is 21.8. The molecule has 3 aromatic rings. The smallest absolute Gasteiger partial charge is 0.270 e. The summed E-state index contributed by atoms with van der Waals surface area (Å²) >= 11 is 1.82. The van der Waals surface area contributed by atoms with Crippen molar-refractivity contribution in [2.75, 3.05) is 31.1 Å². The Kier molecular flexibility index (Phi) is 5.74. The number of hydrogen-bond donors (Lipinski definition) is 0. The van der Waals surface area contributed by atoms with E-state index in [4.69, 9.17) is 9.97 Å². The van der Waals surface area contributed by atoms with E-state index in [2.05, 4.69) is 18.7 Å². The Balaban J connectivity index is 1.40. The number of non-ortho nitro benzene ring substituents is 1. The van der Waals surface area contributed by atoms with Gasteiger partial charge in [-0.2, -0.15) is 0 Å². The summed E-state index contributed by atoms with van der Waals surface area (Å²) in [6.45, 7) is 6.86. The molecule has 1 fully saturated rings. The SMILES string of the molecule is CCc1nc(N2CCN(C(=O)c3cccc([N+](=O)[O-])c3)CC2)c2c3c(sc2n1)C[C@H](C)CC3. The van der Waals surface area contributed by atoms with Crippen molar-refractivity contribution in [3.05, 3.63) is 56.2 Å². The number of anilines is 1. The van der Waals surface area contributed by atoms with Crippen molar-refractivity contribution in [3.8, 4) is 0 Å². The van der Waals surface area contributed by atoms with E-state index in [1.807, 2.05) is 11.3 Å². The van der Waals surface area contributed by atoms with E-state index in [0.29, 0.717) is 37.7 Å². The minimum atomic E-state index is -0.470. The number of nitrogens with zero attached hydrogens (tertiary/aromatic N) is 5. The van der Waals surface area contributed by atoms with Crippen molar-refractivity contribution < 1.29 is 9.72 Å². The van der Waals surface area contributed by atoms with Crippen molar-refractivity contribution in [3.63, 3.8) is 0 Å². The van der Waals surface area contributed by atoms with Crippen LogP contribution >= 0.6 is 11.3 Å². The molecule has 1 aliphatic carbocycles. The Morgan fingerprint density at radius 1 is 1.24 bits per heavy atom. The van der Waals surface area contributed by atoms with E-state index >= 15 is 0 Å². The van der Waals surface area contributed by atoms with Crippen molar-refractivity contribution in [1.29, 1.82) is 0 Å². The maximum Gasteiger partial charge on any atom is 0.270 e. The van der Waals surface area contributed by atoms with Gasteiger partial charge in [0.2, 0.25) is 0 Å². The van der Waals surface area contributed by atoms with Crippen LogP contribution in [0.1, 0.15) is 46.9 Å². The molecule has 0 spiro atoms. The molecule has 5 rings (SSSR count). The summed E-state index contributed by atoms with van der Waals surface area (Å²) < 4.78 is 0. The average Bonchev–Trinajstić information content (AvgIpc) is 3.20. The number of carbonyl (C=O) groups is 1. The topological polar surface area (TPSA) is 92.5 Å². The molecule has 1 amide bonds. The van der Waals surface area contributed by atoms with E-state index in [0.717, 1.165) is 35.7 Å². The highest BCUT2D eigenvalue weighted by Crippen LogP contribution is 2.41. The van der Waals surface area contributed by atoms with Gasteiger partial charge in [-0.15, -0.1) is 11.3 Å². The van der Waals surface area contributed by atoms with Crippen molar-refractivity contribution in [2.45, 2.75) is 39.5 Å². The van der Waals surface area contributed by atoms with E-state index in [9.17, 15) is 14.9 Å². The van der Waals surface area contributed by atoms with Crippen LogP contribution in [-0.4, -0.2) is 51.9 Å². The second-order valence-corrected chi connectivity index (χ2v) is 10.0. The summed E-state index contributed by atoms with van der Waals surface area (Å²) in [7, 11) is 0. The van der Waals surface area contributed by atoms with Crippen LogP contribution < -0.4 is 4.90 Å². The summed E-state index contributed by atoms with van der Waals surface area (Å²) in [5.74, 6) is 2.41. The first-order valence-corrected chi connectivity index (χ1v) is 12.4. The molecule has 2 aromatic heterocycles. The molecule has 33 heavy (non-hydrogen) atoms. The van der Waals surface area contributed by atoms with E-state index in [1.165, 1.54) is 34.4 Å². The van der Waals surface area contributed by atoms with Gasteiger partial charge >= 0.3 is 0 Å². The van der Waals surface area contributed by atoms with E-state index in [1.54, 1.807) is 17.0 Å². The molecule has 8 nitrogen and oxygen atoms in total. The number of piperazine rings is 1. The zero-order valence-corrected chi connectivity index (χ0v) is 19.7. The highest BCUT2D eigenvalue weighted by Gasteiger charge is 2.29. The predicted octanol–water partition coefficient (Wildman–Crippen LogP) is 4.25. The van der Waals surface area contributed by atoms with Gasteiger partial charge in [0.1, 0.15) is 16.5 Å². The minimum absolute atomic E-state index is 0.0634. The lowest BCUT2D eigenvalue weighted by Crippen LogP contribution is -2.49. The van der Waals surface area contributed by atoms with Gasteiger partial charge in [-0.05, 0) is 36.8 Å². The van der Waals surface area contributed by atoms with Gasteiger partial charge < -0.3 is 9.80 Å². The van der Waals surface area contributed by atoms with Gasteiger partial charge in [-0.1, -0.05) is 19.9 Å². The molecule has 1 aromatic carbocycles. The van der Waals surface area contributed by atoms with Crippen LogP contribution in [-0.2, 0) is 19.3 Å². The Morgan fingerprint density at radius 2 is 2.03 bits per heavy atom. The molecule has 1 saturated heterocycles. The number of thiophene rings is 1. The van der Waals surface area contributed by atoms with Crippen LogP contribution in [0.25, 0.3) is 10.2 Å². The van der Waals surface area contributed by atoms with Crippen LogP contribution in [0.15, 0.2) is 24.3 Å². The lowest BCUT2D eigenvalue weighted by Gasteiger charge is -2.36. The monoisotopic (exact) mass is 465 g/mol. The number of carbonyl (C=O) groups excluding carboxylic acids is 1. The zero-order valence-electron chi connectivity index (χ0n) is 18.9. The highest BCUT2D eigenvalue weighted by molar-refractivity contribution is 7.19. The highest BCUT2D eigenvalue weighted by atomic mass is 32.1. The first-order chi connectivity index (χ1) is 15.9. The number of rotatable bonds is 4. The minimum Gasteiger partial charge on any atom is -0.352 e. The molecule has 172 valence electrons. The van der Waals surface area contributed by atoms with Gasteiger partial charge in [0.25, 0.3) is 11.6 Å². The Bertz CT molecular complexity index is 1230. The summed E-state index contributed by atoms with van der Waals surface area (Å²) in [5.41, 5.74) is 1.71. The largest absolute Gasteiger partial charge is 0.352 e. The molecular formula is C24H27N5O3S. The van der Waals surface area contributed by atoms with Gasteiger partial charge in [0, 0.05) is 55.2 Å². The van der Waals surface area contributed by atoms with Crippen LogP contribution in [0.3, 0.4) is 0 Å². The lowest BCUT2D eigenvalue weighted by molar-refractivity contribution is -0.384. The molecule has 2 aliphatic rings. The van der Waals surface area contributed by atoms with Crippen LogP contribution in [0.5, 0.6) is 0 Å². The molecule has 0 radical (unpaired) electrons. The number of nitro groups is 1. The third kappa shape index (κ3) is 4.06. The molecular weight excluding hydrogens is 438 g/mol. The summed E-state index contributed by atoms with van der Waals surface area (Å²) in [5, 5.41) is 12.3. The van der Waals surface area contributed by atoms with Crippen molar-refractivity contribution in [2.24, 2.45) is 5.92 Å². The van der Waals surface area contributed by atoms with E-state index < -0.39 is 4.92 Å². The molecule has 1 aliphatic heterocycles. The molecule has 0 unspecified atom stereocenters. The normalized spacial score (nSPS) is 18.4. The first-order valence-electron chi connectivity index (χ1n) is 11.5. The average molecular weight is 466 g/mol. The molecule has 3 heterocycles. The molecule has 0 N–H and O–H groups in total. The summed E-state index contributed by atoms with van der Waals surface area (Å²) in [4.78, 5) is 40.0. The quantitative estimate of drug-likeness (QED) is 0.422. The standard InChI is InChI=1S/C24H27N5O3S/c1-3-20-25-22(21-18-8-7-15(2)13-19(18)33-23(21)26-20)27-9-11-28(12-10-27)24(30)16-5-4-6-17(14-16)29(31)32/h4-6,14-15H,3,7-13H2,1-2H3/t15-/m1/s1. The maximum atomic E-state index is 13.0. The number of benzene rings is 1. The third-order valence-electron chi connectivity index (χ3n) is 6.67. The number of amides is 1. The fourth-order valence-electron chi connectivity index (χ4n) is 4.81. The predicted molar refractivity (Wildman–Crippen MR) is 129 cm³/mol. The number of hydrogen-bond acceptors (Lipinski definition) is 7. The summed E-state index contributed by atoms with van der Waals surface area (Å²) in [6.07, 6.45) is 4.17. The maximum absolute atomic E-state index is 13.0. The van der Waals surface area contributed by atoms with Crippen LogP contribution in [0, 0.1) is 16.0 Å². The molecule has 1 atom stereocenters.